The number of aliphatic imine (C=N–C) groups is 1. The van der Waals surface area contributed by atoms with Crippen molar-refractivity contribution in [2.45, 2.75) is 13.3 Å². The van der Waals surface area contributed by atoms with Crippen LogP contribution in [0.1, 0.15) is 18.1 Å². The largest absolute Gasteiger partial charge is 0.399 e. The van der Waals surface area contributed by atoms with Gasteiger partial charge in [0.05, 0.1) is 5.69 Å². The summed E-state index contributed by atoms with van der Waals surface area (Å²) in [4.78, 5) is 4.37. The summed E-state index contributed by atoms with van der Waals surface area (Å²) in [5.74, 6) is 0. The first kappa shape index (κ1) is 11.4. The van der Waals surface area contributed by atoms with Gasteiger partial charge in [-0.05, 0) is 42.7 Å². The molecule has 2 nitrogen and oxygen atoms in total. The van der Waals surface area contributed by atoms with Gasteiger partial charge in [-0.1, -0.05) is 30.3 Å². The zero-order valence-corrected chi connectivity index (χ0v) is 9.93. The third kappa shape index (κ3) is 2.94. The third-order valence-electron chi connectivity index (χ3n) is 2.63. The number of anilines is 1. The van der Waals surface area contributed by atoms with Gasteiger partial charge in [0.15, 0.2) is 0 Å². The molecule has 0 atom stereocenters. The molecule has 0 radical (unpaired) electrons. The summed E-state index contributed by atoms with van der Waals surface area (Å²) in [7, 11) is 0. The molecule has 86 valence electrons. The highest BCUT2D eigenvalue weighted by Gasteiger charge is 2.01. The van der Waals surface area contributed by atoms with Crippen LogP contribution < -0.4 is 5.73 Å². The molecule has 2 aromatic rings. The zero-order valence-electron chi connectivity index (χ0n) is 9.93. The van der Waals surface area contributed by atoms with Gasteiger partial charge in [0.1, 0.15) is 0 Å². The van der Waals surface area contributed by atoms with Crippen molar-refractivity contribution in [1.82, 2.24) is 0 Å². The van der Waals surface area contributed by atoms with Crippen LogP contribution in [0.25, 0.3) is 0 Å². The van der Waals surface area contributed by atoms with Crippen LogP contribution in [0.3, 0.4) is 0 Å². The maximum atomic E-state index is 5.67. The average Bonchev–Trinajstić information content (AvgIpc) is 2.35. The second-order valence-corrected chi connectivity index (χ2v) is 3.93. The Morgan fingerprint density at radius 1 is 1.06 bits per heavy atom. The molecule has 0 spiro atoms. The van der Waals surface area contributed by atoms with Crippen LogP contribution in [0.4, 0.5) is 11.4 Å². The van der Waals surface area contributed by atoms with Crippen LogP contribution in [0, 0.1) is 0 Å². The maximum Gasteiger partial charge on any atom is 0.0660 e. The van der Waals surface area contributed by atoms with E-state index in [1.54, 1.807) is 0 Å². The topological polar surface area (TPSA) is 38.4 Å². The SMILES string of the molecule is C/C=N\c1ccccc1Cc1ccc(N)cc1. The van der Waals surface area contributed by atoms with Gasteiger partial charge in [-0.2, -0.15) is 0 Å². The van der Waals surface area contributed by atoms with E-state index in [0.717, 1.165) is 17.8 Å². The summed E-state index contributed by atoms with van der Waals surface area (Å²) in [5.41, 5.74) is 9.99. The summed E-state index contributed by atoms with van der Waals surface area (Å²) in [5, 5.41) is 0. The first-order valence-electron chi connectivity index (χ1n) is 5.70. The highest BCUT2D eigenvalue weighted by Crippen LogP contribution is 2.21. The van der Waals surface area contributed by atoms with E-state index in [0.29, 0.717) is 0 Å². The number of benzene rings is 2. The Kier molecular flexibility index (Phi) is 3.55. The predicted octanol–water partition coefficient (Wildman–Crippen LogP) is 3.58. The molecule has 0 amide bonds. The van der Waals surface area contributed by atoms with Gasteiger partial charge in [-0.3, -0.25) is 4.99 Å². The zero-order chi connectivity index (χ0) is 12.1. The number of para-hydroxylation sites is 1. The highest BCUT2D eigenvalue weighted by atomic mass is 14.7. The minimum Gasteiger partial charge on any atom is -0.399 e. The molecule has 0 saturated carbocycles. The Morgan fingerprint density at radius 2 is 1.76 bits per heavy atom. The lowest BCUT2D eigenvalue weighted by Crippen LogP contribution is -1.90. The van der Waals surface area contributed by atoms with E-state index >= 15 is 0 Å². The van der Waals surface area contributed by atoms with E-state index in [9.17, 15) is 0 Å². The van der Waals surface area contributed by atoms with E-state index in [4.69, 9.17) is 5.73 Å². The van der Waals surface area contributed by atoms with E-state index < -0.39 is 0 Å². The van der Waals surface area contributed by atoms with Crippen molar-refractivity contribution in [1.29, 1.82) is 0 Å². The first-order chi connectivity index (χ1) is 8.29. The number of nitrogens with zero attached hydrogens (tertiary/aromatic N) is 1. The Morgan fingerprint density at radius 3 is 2.47 bits per heavy atom. The molecule has 0 heterocycles. The molecule has 0 bridgehead atoms. The summed E-state index contributed by atoms with van der Waals surface area (Å²) < 4.78 is 0. The number of hydrogen-bond donors (Lipinski definition) is 1. The third-order valence-corrected chi connectivity index (χ3v) is 2.63. The van der Waals surface area contributed by atoms with Crippen molar-refractivity contribution in [3.05, 3.63) is 59.7 Å². The molecule has 17 heavy (non-hydrogen) atoms. The Labute approximate surface area is 102 Å². The number of rotatable bonds is 3. The summed E-state index contributed by atoms with van der Waals surface area (Å²) in [6.45, 7) is 1.93. The van der Waals surface area contributed by atoms with Gasteiger partial charge in [0, 0.05) is 11.9 Å². The lowest BCUT2D eigenvalue weighted by Gasteiger charge is -2.05. The normalized spacial score (nSPS) is 10.9. The van der Waals surface area contributed by atoms with Crippen molar-refractivity contribution >= 4 is 17.6 Å². The van der Waals surface area contributed by atoms with Gasteiger partial charge >= 0.3 is 0 Å². The van der Waals surface area contributed by atoms with Crippen LogP contribution in [0.15, 0.2) is 53.5 Å². The van der Waals surface area contributed by atoms with Gasteiger partial charge in [0.25, 0.3) is 0 Å². The van der Waals surface area contributed by atoms with Crippen LogP contribution in [-0.2, 0) is 6.42 Å². The molecule has 0 aliphatic carbocycles. The lowest BCUT2D eigenvalue weighted by molar-refractivity contribution is 1.18. The molecule has 2 rings (SSSR count). The van der Waals surface area contributed by atoms with Crippen molar-refractivity contribution in [2.75, 3.05) is 5.73 Å². The maximum absolute atomic E-state index is 5.67. The molecule has 0 saturated heterocycles. The number of nitrogen functional groups attached to an aromatic ring is 1. The second-order valence-electron chi connectivity index (χ2n) is 3.93. The molecule has 2 N–H and O–H groups in total. The fourth-order valence-electron chi connectivity index (χ4n) is 1.78. The minimum absolute atomic E-state index is 0.800. The second kappa shape index (κ2) is 5.30. The Hall–Kier alpha value is -2.09. The van der Waals surface area contributed by atoms with Crippen LogP contribution in [0.2, 0.25) is 0 Å². The van der Waals surface area contributed by atoms with E-state index in [1.165, 1.54) is 11.1 Å². The summed E-state index contributed by atoms with van der Waals surface area (Å²) in [6.07, 6.45) is 2.70. The van der Waals surface area contributed by atoms with Gasteiger partial charge in [-0.15, -0.1) is 0 Å². The smallest absolute Gasteiger partial charge is 0.0660 e. The molecule has 2 heteroatoms. The molecule has 0 aliphatic rings. The van der Waals surface area contributed by atoms with Gasteiger partial charge in [0.2, 0.25) is 0 Å². The van der Waals surface area contributed by atoms with Crippen molar-refractivity contribution in [3.8, 4) is 0 Å². The summed E-state index contributed by atoms with van der Waals surface area (Å²) in [6, 6.07) is 16.2. The van der Waals surface area contributed by atoms with Crippen LogP contribution in [-0.4, -0.2) is 6.21 Å². The highest BCUT2D eigenvalue weighted by molar-refractivity contribution is 5.62. The number of nitrogens with two attached hydrogens (primary N) is 1. The van der Waals surface area contributed by atoms with E-state index in [-0.39, 0.29) is 0 Å². The van der Waals surface area contributed by atoms with Crippen LogP contribution in [0.5, 0.6) is 0 Å². The van der Waals surface area contributed by atoms with Crippen LogP contribution >= 0.6 is 0 Å². The molecule has 2 aromatic carbocycles. The quantitative estimate of drug-likeness (QED) is 0.628. The van der Waals surface area contributed by atoms with E-state index in [2.05, 4.69) is 23.2 Å². The molecule has 0 aromatic heterocycles. The molecule has 0 fully saturated rings. The number of hydrogen-bond acceptors (Lipinski definition) is 2. The summed E-state index contributed by atoms with van der Waals surface area (Å²) >= 11 is 0. The minimum atomic E-state index is 0.800. The monoisotopic (exact) mass is 224 g/mol. The Balaban J connectivity index is 2.26. The Bertz CT molecular complexity index is 513. The fraction of sp³-hybridized carbons (Fsp3) is 0.133. The molecular formula is C15H16N2. The lowest BCUT2D eigenvalue weighted by atomic mass is 10.0. The average molecular weight is 224 g/mol. The first-order valence-corrected chi connectivity index (χ1v) is 5.70. The standard InChI is InChI=1S/C15H16N2/c1-2-17-15-6-4-3-5-13(15)11-12-7-9-14(16)10-8-12/h2-10H,11,16H2,1H3/b17-2-. The fourth-order valence-corrected chi connectivity index (χ4v) is 1.78. The van der Waals surface area contributed by atoms with Gasteiger partial charge < -0.3 is 5.73 Å². The van der Waals surface area contributed by atoms with Gasteiger partial charge in [-0.25, -0.2) is 0 Å². The molecular weight excluding hydrogens is 208 g/mol. The van der Waals surface area contributed by atoms with Crippen molar-refractivity contribution in [2.24, 2.45) is 4.99 Å². The van der Waals surface area contributed by atoms with Crippen molar-refractivity contribution < 1.29 is 0 Å². The molecule has 0 aliphatic heterocycles. The predicted molar refractivity (Wildman–Crippen MR) is 73.9 cm³/mol. The molecule has 0 unspecified atom stereocenters. The van der Waals surface area contributed by atoms with Crippen molar-refractivity contribution in [3.63, 3.8) is 0 Å². The van der Waals surface area contributed by atoms with E-state index in [1.807, 2.05) is 43.5 Å².